The van der Waals surface area contributed by atoms with Crippen LogP contribution in [0.15, 0.2) is 52.1 Å². The second-order valence-corrected chi connectivity index (χ2v) is 7.77. The zero-order valence-electron chi connectivity index (χ0n) is 16.8. The lowest BCUT2D eigenvalue weighted by Gasteiger charge is -2.12. The molecule has 8 heteroatoms. The van der Waals surface area contributed by atoms with Crippen molar-refractivity contribution in [3.63, 3.8) is 0 Å². The van der Waals surface area contributed by atoms with Crippen LogP contribution in [0.4, 0.5) is 5.69 Å². The number of amides is 1. The van der Waals surface area contributed by atoms with E-state index in [9.17, 15) is 4.79 Å². The number of furan rings is 1. The molecule has 1 aromatic carbocycles. The minimum absolute atomic E-state index is 0.273. The standard InChI is InChI=1S/C21H25N5O2S/c1-14-15(2)29-19(25-14)9-10-23-21(22-3)24-13-16-6-4-7-17(12-16)26-20(27)18-8-5-11-28-18/h4-8,11-12H,9-10,13H2,1-3H3,(H,26,27)(H2,22,23,24). The molecular formula is C21H25N5O2S. The van der Waals surface area contributed by atoms with Crippen LogP contribution in [0.1, 0.15) is 31.7 Å². The number of nitrogens with one attached hydrogen (secondary N) is 3. The summed E-state index contributed by atoms with van der Waals surface area (Å²) in [5, 5.41) is 10.6. The van der Waals surface area contributed by atoms with Crippen LogP contribution in [0.5, 0.6) is 0 Å². The minimum Gasteiger partial charge on any atom is -0.459 e. The van der Waals surface area contributed by atoms with E-state index in [2.05, 4.69) is 32.9 Å². The van der Waals surface area contributed by atoms with Gasteiger partial charge in [0, 0.05) is 37.1 Å². The molecule has 0 fully saturated rings. The Morgan fingerprint density at radius 2 is 2.07 bits per heavy atom. The van der Waals surface area contributed by atoms with E-state index in [0.717, 1.165) is 35.2 Å². The van der Waals surface area contributed by atoms with Crippen molar-refractivity contribution in [3.05, 3.63) is 69.6 Å². The fraction of sp³-hybridized carbons (Fsp3) is 0.286. The molecule has 0 aliphatic rings. The number of rotatable bonds is 7. The second kappa shape index (κ2) is 9.88. The third-order valence-electron chi connectivity index (χ3n) is 4.32. The number of carbonyl (C=O) groups excluding carboxylic acids is 1. The first kappa shape index (κ1) is 20.6. The molecule has 0 saturated heterocycles. The van der Waals surface area contributed by atoms with Gasteiger partial charge in [-0.15, -0.1) is 11.3 Å². The Morgan fingerprint density at radius 1 is 1.21 bits per heavy atom. The molecule has 3 N–H and O–H groups in total. The van der Waals surface area contributed by atoms with Crippen LogP contribution in [0.2, 0.25) is 0 Å². The Balaban J connectivity index is 1.48. The number of nitrogens with zero attached hydrogens (tertiary/aromatic N) is 2. The van der Waals surface area contributed by atoms with Gasteiger partial charge in [-0.3, -0.25) is 9.79 Å². The van der Waals surface area contributed by atoms with Crippen molar-refractivity contribution < 1.29 is 9.21 Å². The minimum atomic E-state index is -0.273. The summed E-state index contributed by atoms with van der Waals surface area (Å²) in [7, 11) is 1.74. The highest BCUT2D eigenvalue weighted by molar-refractivity contribution is 7.11. The molecule has 7 nitrogen and oxygen atoms in total. The second-order valence-electron chi connectivity index (χ2n) is 6.48. The number of aromatic nitrogens is 1. The molecular weight excluding hydrogens is 386 g/mol. The van der Waals surface area contributed by atoms with E-state index in [0.29, 0.717) is 12.2 Å². The predicted octanol–water partition coefficient (Wildman–Crippen LogP) is 3.51. The summed E-state index contributed by atoms with van der Waals surface area (Å²) in [5.41, 5.74) is 2.84. The van der Waals surface area contributed by atoms with E-state index >= 15 is 0 Å². The fourth-order valence-electron chi connectivity index (χ4n) is 2.70. The van der Waals surface area contributed by atoms with E-state index in [-0.39, 0.29) is 11.7 Å². The Hall–Kier alpha value is -3.13. The lowest BCUT2D eigenvalue weighted by atomic mass is 10.2. The molecule has 0 aliphatic carbocycles. The molecule has 0 bridgehead atoms. The number of thiazole rings is 1. The molecule has 29 heavy (non-hydrogen) atoms. The zero-order valence-corrected chi connectivity index (χ0v) is 17.6. The lowest BCUT2D eigenvalue weighted by molar-refractivity contribution is 0.0996. The van der Waals surface area contributed by atoms with Gasteiger partial charge in [0.15, 0.2) is 11.7 Å². The van der Waals surface area contributed by atoms with E-state index in [1.165, 1.54) is 11.1 Å². The molecule has 3 aromatic rings. The van der Waals surface area contributed by atoms with Crippen molar-refractivity contribution >= 4 is 28.9 Å². The van der Waals surface area contributed by atoms with Gasteiger partial charge in [-0.25, -0.2) is 4.98 Å². The van der Waals surface area contributed by atoms with Crippen molar-refractivity contribution in [2.24, 2.45) is 4.99 Å². The molecule has 0 saturated carbocycles. The number of benzene rings is 1. The van der Waals surface area contributed by atoms with Gasteiger partial charge in [0.05, 0.1) is 17.0 Å². The highest BCUT2D eigenvalue weighted by Crippen LogP contribution is 2.16. The molecule has 3 rings (SSSR count). The van der Waals surface area contributed by atoms with E-state index < -0.39 is 0 Å². The molecule has 0 radical (unpaired) electrons. The van der Waals surface area contributed by atoms with Crippen molar-refractivity contribution in [3.8, 4) is 0 Å². The molecule has 0 aliphatic heterocycles. The number of aliphatic imine (C=N–C) groups is 1. The molecule has 152 valence electrons. The highest BCUT2D eigenvalue weighted by Gasteiger charge is 2.09. The maximum absolute atomic E-state index is 12.1. The van der Waals surface area contributed by atoms with Crippen molar-refractivity contribution in [1.29, 1.82) is 0 Å². The smallest absolute Gasteiger partial charge is 0.291 e. The van der Waals surface area contributed by atoms with Crippen LogP contribution in [-0.2, 0) is 13.0 Å². The Morgan fingerprint density at radius 3 is 2.76 bits per heavy atom. The summed E-state index contributed by atoms with van der Waals surface area (Å²) in [5.74, 6) is 0.731. The van der Waals surface area contributed by atoms with Crippen LogP contribution in [-0.4, -0.2) is 30.4 Å². The summed E-state index contributed by atoms with van der Waals surface area (Å²) in [6.07, 6.45) is 2.33. The fourth-order valence-corrected chi connectivity index (χ4v) is 3.63. The van der Waals surface area contributed by atoms with Gasteiger partial charge in [0.1, 0.15) is 0 Å². The lowest BCUT2D eigenvalue weighted by Crippen LogP contribution is -2.37. The number of hydrogen-bond donors (Lipinski definition) is 3. The van der Waals surface area contributed by atoms with Crippen LogP contribution in [0.25, 0.3) is 0 Å². The largest absolute Gasteiger partial charge is 0.459 e. The van der Waals surface area contributed by atoms with Crippen LogP contribution in [0, 0.1) is 13.8 Å². The Kier molecular flexibility index (Phi) is 7.02. The first-order valence-electron chi connectivity index (χ1n) is 9.36. The van der Waals surface area contributed by atoms with Crippen LogP contribution < -0.4 is 16.0 Å². The third kappa shape index (κ3) is 5.92. The highest BCUT2D eigenvalue weighted by atomic mass is 32.1. The first-order chi connectivity index (χ1) is 14.0. The van der Waals surface area contributed by atoms with E-state index in [4.69, 9.17) is 4.42 Å². The van der Waals surface area contributed by atoms with Gasteiger partial charge in [-0.1, -0.05) is 12.1 Å². The summed E-state index contributed by atoms with van der Waals surface area (Å²) < 4.78 is 5.12. The monoisotopic (exact) mass is 411 g/mol. The van der Waals surface area contributed by atoms with E-state index in [1.54, 1.807) is 30.5 Å². The zero-order chi connectivity index (χ0) is 20.6. The summed E-state index contributed by atoms with van der Waals surface area (Å²) in [6.45, 7) is 5.47. The normalized spacial score (nSPS) is 11.3. The molecule has 0 spiro atoms. The molecule has 2 aromatic heterocycles. The summed E-state index contributed by atoms with van der Waals surface area (Å²) in [6, 6.07) is 11.0. The Bertz CT molecular complexity index is 959. The topological polar surface area (TPSA) is 91.5 Å². The van der Waals surface area contributed by atoms with Crippen LogP contribution in [0.3, 0.4) is 0 Å². The average Bonchev–Trinajstić information content (AvgIpc) is 3.35. The average molecular weight is 412 g/mol. The molecule has 1 amide bonds. The van der Waals surface area contributed by atoms with Gasteiger partial charge < -0.3 is 20.4 Å². The number of anilines is 1. The molecule has 0 unspecified atom stereocenters. The molecule has 0 atom stereocenters. The quantitative estimate of drug-likeness (QED) is 0.409. The number of aryl methyl sites for hydroxylation is 2. The van der Waals surface area contributed by atoms with E-state index in [1.807, 2.05) is 31.2 Å². The van der Waals surface area contributed by atoms with Gasteiger partial charge in [-0.2, -0.15) is 0 Å². The summed E-state index contributed by atoms with van der Waals surface area (Å²) in [4.78, 5) is 22.2. The maximum Gasteiger partial charge on any atom is 0.291 e. The molecule has 2 heterocycles. The van der Waals surface area contributed by atoms with Gasteiger partial charge in [-0.05, 0) is 43.7 Å². The number of hydrogen-bond acceptors (Lipinski definition) is 5. The SMILES string of the molecule is CN=C(NCCc1nc(C)c(C)s1)NCc1cccc(NC(=O)c2ccco2)c1. The maximum atomic E-state index is 12.1. The summed E-state index contributed by atoms with van der Waals surface area (Å²) >= 11 is 1.74. The predicted molar refractivity (Wildman–Crippen MR) is 117 cm³/mol. The van der Waals surface area contributed by atoms with Gasteiger partial charge >= 0.3 is 0 Å². The van der Waals surface area contributed by atoms with Crippen molar-refractivity contribution in [2.75, 3.05) is 18.9 Å². The van der Waals surface area contributed by atoms with Gasteiger partial charge in [0.2, 0.25) is 0 Å². The van der Waals surface area contributed by atoms with Crippen molar-refractivity contribution in [1.82, 2.24) is 15.6 Å². The van der Waals surface area contributed by atoms with Crippen LogP contribution >= 0.6 is 11.3 Å². The first-order valence-corrected chi connectivity index (χ1v) is 10.2. The third-order valence-corrected chi connectivity index (χ3v) is 5.45. The van der Waals surface area contributed by atoms with Crippen molar-refractivity contribution in [2.45, 2.75) is 26.8 Å². The number of guanidine groups is 1. The number of carbonyl (C=O) groups is 1. The Labute approximate surface area is 174 Å². The van der Waals surface area contributed by atoms with Gasteiger partial charge in [0.25, 0.3) is 5.91 Å².